The van der Waals surface area contributed by atoms with Gasteiger partial charge in [0.25, 0.3) is 0 Å². The molecule has 1 saturated heterocycles. The molecule has 1 aliphatic rings. The molecule has 0 atom stereocenters. The Hall–Kier alpha value is -3.21. The summed E-state index contributed by atoms with van der Waals surface area (Å²) in [5, 5.41) is 1.08. The molecule has 150 valence electrons. The molecular formula is C26H23NO3. The second kappa shape index (κ2) is 8.27. The normalized spacial score (nSPS) is 14.4. The fraction of sp³-hybridized carbons (Fsp3) is 0.192. The maximum absolute atomic E-state index is 13.1. The summed E-state index contributed by atoms with van der Waals surface area (Å²) in [6, 6.07) is 28.0. The highest BCUT2D eigenvalue weighted by atomic mass is 16.7. The number of carbonyl (C=O) groups excluding carboxylic acids is 1. The van der Waals surface area contributed by atoms with Crippen LogP contribution in [0.3, 0.4) is 0 Å². The molecule has 0 N–H and O–H groups in total. The molecule has 4 aromatic rings. The van der Waals surface area contributed by atoms with Crippen molar-refractivity contribution in [1.82, 2.24) is 4.57 Å². The van der Waals surface area contributed by atoms with E-state index in [1.54, 1.807) is 0 Å². The van der Waals surface area contributed by atoms with E-state index in [9.17, 15) is 4.79 Å². The van der Waals surface area contributed by atoms with Gasteiger partial charge in [0.15, 0.2) is 12.1 Å². The van der Waals surface area contributed by atoms with E-state index in [-0.39, 0.29) is 5.78 Å². The number of benzene rings is 3. The van der Waals surface area contributed by atoms with E-state index in [0.717, 1.165) is 27.7 Å². The zero-order valence-corrected chi connectivity index (χ0v) is 16.7. The molecule has 1 aliphatic heterocycles. The standard InChI is InChI=1S/C26H23NO3/c28-24(20-11-5-2-6-12-20)17-22-21-13-7-8-14-23(21)27(18-19-9-3-1-4-10-19)25(22)26-29-15-16-30-26/h1-14,26H,15-18H2. The van der Waals surface area contributed by atoms with Crippen molar-refractivity contribution in [2.75, 3.05) is 13.2 Å². The first kappa shape index (κ1) is 18.8. The van der Waals surface area contributed by atoms with Crippen LogP contribution in [-0.4, -0.2) is 23.6 Å². The third-order valence-electron chi connectivity index (χ3n) is 5.58. The van der Waals surface area contributed by atoms with Gasteiger partial charge in [0.1, 0.15) is 0 Å². The van der Waals surface area contributed by atoms with Crippen LogP contribution < -0.4 is 0 Å². The fourth-order valence-corrected chi connectivity index (χ4v) is 4.19. The number of fused-ring (bicyclic) bond motifs is 1. The quantitative estimate of drug-likeness (QED) is 0.422. The monoisotopic (exact) mass is 397 g/mol. The number of para-hydroxylation sites is 1. The van der Waals surface area contributed by atoms with E-state index >= 15 is 0 Å². The molecule has 1 aromatic heterocycles. The molecular weight excluding hydrogens is 374 g/mol. The summed E-state index contributed by atoms with van der Waals surface area (Å²) in [5.41, 5.74) is 4.94. The van der Waals surface area contributed by atoms with Gasteiger partial charge in [-0.05, 0) is 17.2 Å². The van der Waals surface area contributed by atoms with Gasteiger partial charge in [-0.2, -0.15) is 0 Å². The number of aromatic nitrogens is 1. The van der Waals surface area contributed by atoms with Crippen LogP contribution in [0.4, 0.5) is 0 Å². The van der Waals surface area contributed by atoms with E-state index in [2.05, 4.69) is 28.8 Å². The second-order valence-corrected chi connectivity index (χ2v) is 7.49. The lowest BCUT2D eigenvalue weighted by Gasteiger charge is -2.17. The molecule has 3 aromatic carbocycles. The van der Waals surface area contributed by atoms with Crippen LogP contribution in [0.25, 0.3) is 10.9 Å². The first-order chi connectivity index (χ1) is 14.8. The van der Waals surface area contributed by atoms with Crippen LogP contribution in [-0.2, 0) is 22.4 Å². The van der Waals surface area contributed by atoms with Crippen LogP contribution in [0, 0.1) is 0 Å². The molecule has 2 heterocycles. The van der Waals surface area contributed by atoms with E-state index < -0.39 is 6.29 Å². The highest BCUT2D eigenvalue weighted by Gasteiger charge is 2.29. The number of carbonyl (C=O) groups is 1. The van der Waals surface area contributed by atoms with E-state index in [1.165, 1.54) is 5.56 Å². The topological polar surface area (TPSA) is 40.5 Å². The minimum Gasteiger partial charge on any atom is -0.345 e. The lowest BCUT2D eigenvalue weighted by molar-refractivity contribution is -0.0497. The molecule has 0 aliphatic carbocycles. The number of hydrogen-bond acceptors (Lipinski definition) is 3. The van der Waals surface area contributed by atoms with Crippen molar-refractivity contribution >= 4 is 16.7 Å². The van der Waals surface area contributed by atoms with Gasteiger partial charge in [0, 0.05) is 29.4 Å². The number of ketones is 1. The van der Waals surface area contributed by atoms with Gasteiger partial charge in [-0.15, -0.1) is 0 Å². The van der Waals surface area contributed by atoms with Crippen LogP contribution in [0.2, 0.25) is 0 Å². The average molecular weight is 397 g/mol. The third kappa shape index (κ3) is 3.56. The maximum Gasteiger partial charge on any atom is 0.199 e. The molecule has 4 heteroatoms. The molecule has 1 fully saturated rings. The predicted octanol–water partition coefficient (Wildman–Crippen LogP) is 5.16. The summed E-state index contributed by atoms with van der Waals surface area (Å²) in [5.74, 6) is 0.0949. The number of hydrogen-bond donors (Lipinski definition) is 0. The van der Waals surface area contributed by atoms with Crippen molar-refractivity contribution in [3.05, 3.63) is 107 Å². The molecule has 0 unspecified atom stereocenters. The fourth-order valence-electron chi connectivity index (χ4n) is 4.19. The van der Waals surface area contributed by atoms with Crippen molar-refractivity contribution in [3.63, 3.8) is 0 Å². The van der Waals surface area contributed by atoms with E-state index in [0.29, 0.717) is 26.2 Å². The van der Waals surface area contributed by atoms with Crippen molar-refractivity contribution in [3.8, 4) is 0 Å². The largest absolute Gasteiger partial charge is 0.345 e. The van der Waals surface area contributed by atoms with Crippen LogP contribution >= 0.6 is 0 Å². The van der Waals surface area contributed by atoms with Gasteiger partial charge in [-0.25, -0.2) is 0 Å². The van der Waals surface area contributed by atoms with Crippen LogP contribution in [0.1, 0.15) is 33.5 Å². The molecule has 30 heavy (non-hydrogen) atoms. The lowest BCUT2D eigenvalue weighted by atomic mass is 10.00. The third-order valence-corrected chi connectivity index (χ3v) is 5.58. The zero-order valence-electron chi connectivity index (χ0n) is 16.7. The summed E-state index contributed by atoms with van der Waals surface area (Å²) in [6.45, 7) is 1.81. The number of ether oxygens (including phenoxy) is 2. The Bertz CT molecular complexity index is 1160. The van der Waals surface area contributed by atoms with E-state index in [1.807, 2.05) is 60.7 Å². The molecule has 0 saturated carbocycles. The predicted molar refractivity (Wildman–Crippen MR) is 117 cm³/mol. The zero-order chi connectivity index (χ0) is 20.3. The summed E-state index contributed by atoms with van der Waals surface area (Å²) in [4.78, 5) is 13.1. The van der Waals surface area contributed by atoms with Gasteiger partial charge in [-0.3, -0.25) is 4.79 Å². The maximum atomic E-state index is 13.1. The summed E-state index contributed by atoms with van der Waals surface area (Å²) < 4.78 is 14.1. The summed E-state index contributed by atoms with van der Waals surface area (Å²) in [7, 11) is 0. The second-order valence-electron chi connectivity index (χ2n) is 7.49. The molecule has 5 rings (SSSR count). The van der Waals surface area contributed by atoms with E-state index in [4.69, 9.17) is 9.47 Å². The first-order valence-electron chi connectivity index (χ1n) is 10.3. The minimum absolute atomic E-state index is 0.0949. The Kier molecular flexibility index (Phi) is 5.18. The van der Waals surface area contributed by atoms with Crippen molar-refractivity contribution in [2.45, 2.75) is 19.3 Å². The Morgan fingerprint density at radius 2 is 1.47 bits per heavy atom. The minimum atomic E-state index is -0.459. The van der Waals surface area contributed by atoms with Crippen LogP contribution in [0.15, 0.2) is 84.9 Å². The lowest BCUT2D eigenvalue weighted by Crippen LogP contribution is -2.13. The number of nitrogens with zero attached hydrogens (tertiary/aromatic N) is 1. The number of rotatable bonds is 6. The summed E-state index contributed by atoms with van der Waals surface area (Å²) in [6.07, 6.45) is -0.148. The van der Waals surface area contributed by atoms with Gasteiger partial charge in [-0.1, -0.05) is 78.9 Å². The smallest absolute Gasteiger partial charge is 0.199 e. The molecule has 0 spiro atoms. The van der Waals surface area contributed by atoms with Crippen LogP contribution in [0.5, 0.6) is 0 Å². The Labute approximate surface area is 175 Å². The molecule has 0 radical (unpaired) electrons. The van der Waals surface area contributed by atoms with Crippen molar-refractivity contribution in [2.24, 2.45) is 0 Å². The average Bonchev–Trinajstić information content (AvgIpc) is 3.42. The highest BCUT2D eigenvalue weighted by molar-refractivity contribution is 6.00. The number of Topliss-reactive ketones (excluding diaryl/α,β-unsaturated/α-hetero) is 1. The highest BCUT2D eigenvalue weighted by Crippen LogP contribution is 2.36. The van der Waals surface area contributed by atoms with Gasteiger partial charge < -0.3 is 14.0 Å². The molecule has 4 nitrogen and oxygen atoms in total. The van der Waals surface area contributed by atoms with Crippen molar-refractivity contribution in [1.29, 1.82) is 0 Å². The van der Waals surface area contributed by atoms with Crippen molar-refractivity contribution < 1.29 is 14.3 Å². The SMILES string of the molecule is O=C(Cc1c(C2OCCO2)n(Cc2ccccc2)c2ccccc12)c1ccccc1. The van der Waals surface area contributed by atoms with Gasteiger partial charge in [0.2, 0.25) is 0 Å². The first-order valence-corrected chi connectivity index (χ1v) is 10.3. The Morgan fingerprint density at radius 3 is 2.20 bits per heavy atom. The molecule has 0 amide bonds. The molecule has 0 bridgehead atoms. The van der Waals surface area contributed by atoms with Gasteiger partial charge in [0.05, 0.1) is 18.9 Å². The van der Waals surface area contributed by atoms with Gasteiger partial charge >= 0.3 is 0 Å². The Balaban J connectivity index is 1.65. The Morgan fingerprint density at radius 1 is 0.833 bits per heavy atom. The summed E-state index contributed by atoms with van der Waals surface area (Å²) >= 11 is 0.